The minimum Gasteiger partial charge on any atom is -0.493 e. The number of hydrogen-bond acceptors (Lipinski definition) is 3. The lowest BCUT2D eigenvalue weighted by Gasteiger charge is -2.25. The van der Waals surface area contributed by atoms with Gasteiger partial charge in [-0.1, -0.05) is 29.8 Å². The quantitative estimate of drug-likeness (QED) is 0.917. The molecule has 7 heteroatoms. The molecule has 0 radical (unpaired) electrons. The monoisotopic (exact) mass is 355 g/mol. The summed E-state index contributed by atoms with van der Waals surface area (Å²) in [7, 11) is -3.92. The molecule has 1 atom stereocenters. The summed E-state index contributed by atoms with van der Waals surface area (Å²) in [6.45, 7) is 0.599. The number of rotatable bonds is 4. The van der Waals surface area contributed by atoms with Crippen molar-refractivity contribution in [2.45, 2.75) is 11.3 Å². The van der Waals surface area contributed by atoms with Crippen molar-refractivity contribution in [1.82, 2.24) is 4.72 Å². The maximum absolute atomic E-state index is 13.8. The fourth-order valence-electron chi connectivity index (χ4n) is 2.52. The highest BCUT2D eigenvalue weighted by molar-refractivity contribution is 7.89. The van der Waals surface area contributed by atoms with Crippen LogP contribution in [0.4, 0.5) is 4.39 Å². The van der Waals surface area contributed by atoms with E-state index in [0.717, 1.165) is 23.4 Å². The number of para-hydroxylation sites is 1. The van der Waals surface area contributed by atoms with Gasteiger partial charge in [0.05, 0.1) is 6.61 Å². The lowest BCUT2D eigenvalue weighted by atomic mass is 9.97. The van der Waals surface area contributed by atoms with Crippen LogP contribution in [0.2, 0.25) is 5.02 Å². The summed E-state index contributed by atoms with van der Waals surface area (Å²) in [6, 6.07) is 11.1. The molecule has 2 aromatic rings. The van der Waals surface area contributed by atoms with Gasteiger partial charge in [-0.15, -0.1) is 0 Å². The Morgan fingerprint density at radius 1 is 1.26 bits per heavy atom. The molecular weight excluding hydrogens is 341 g/mol. The molecule has 1 aliphatic rings. The van der Waals surface area contributed by atoms with Crippen LogP contribution in [0.1, 0.15) is 5.56 Å². The maximum Gasteiger partial charge on any atom is 0.243 e. The zero-order valence-electron chi connectivity index (χ0n) is 12.1. The van der Waals surface area contributed by atoms with Gasteiger partial charge in [0.1, 0.15) is 16.5 Å². The first kappa shape index (κ1) is 16.2. The second kappa shape index (κ2) is 6.47. The second-order valence-electron chi connectivity index (χ2n) is 5.42. The van der Waals surface area contributed by atoms with Gasteiger partial charge in [0.2, 0.25) is 10.0 Å². The van der Waals surface area contributed by atoms with E-state index in [4.69, 9.17) is 16.3 Å². The van der Waals surface area contributed by atoms with E-state index >= 15 is 0 Å². The molecule has 0 aromatic heterocycles. The smallest absolute Gasteiger partial charge is 0.243 e. The second-order valence-corrected chi connectivity index (χ2v) is 7.59. The maximum atomic E-state index is 13.8. The average Bonchev–Trinajstić information content (AvgIpc) is 2.52. The normalized spacial score (nSPS) is 17.4. The van der Waals surface area contributed by atoms with Gasteiger partial charge in [-0.05, 0) is 36.2 Å². The summed E-state index contributed by atoms with van der Waals surface area (Å²) in [5.74, 6) is -0.0411. The van der Waals surface area contributed by atoms with E-state index in [1.54, 1.807) is 0 Å². The zero-order valence-corrected chi connectivity index (χ0v) is 13.7. The van der Waals surface area contributed by atoms with Crippen molar-refractivity contribution in [2.24, 2.45) is 5.92 Å². The van der Waals surface area contributed by atoms with Gasteiger partial charge in [-0.2, -0.15) is 0 Å². The number of fused-ring (bicyclic) bond motifs is 1. The third kappa shape index (κ3) is 3.65. The predicted octanol–water partition coefficient (Wildman–Crippen LogP) is 3.01. The van der Waals surface area contributed by atoms with Crippen molar-refractivity contribution in [2.75, 3.05) is 13.2 Å². The van der Waals surface area contributed by atoms with Crippen LogP contribution in [0, 0.1) is 11.7 Å². The highest BCUT2D eigenvalue weighted by Gasteiger charge is 2.24. The Bertz CT molecular complexity index is 826. The zero-order chi connectivity index (χ0) is 16.4. The number of benzene rings is 2. The Balaban J connectivity index is 1.68. The number of halogens is 2. The van der Waals surface area contributed by atoms with Crippen molar-refractivity contribution in [3.05, 3.63) is 58.9 Å². The first-order valence-electron chi connectivity index (χ1n) is 7.11. The molecule has 0 spiro atoms. The fourth-order valence-corrected chi connectivity index (χ4v) is 3.85. The summed E-state index contributed by atoms with van der Waals surface area (Å²) >= 11 is 5.64. The summed E-state index contributed by atoms with van der Waals surface area (Å²) in [4.78, 5) is -0.404. The summed E-state index contributed by atoms with van der Waals surface area (Å²) in [6.07, 6.45) is 0.710. The Morgan fingerprint density at radius 3 is 2.83 bits per heavy atom. The van der Waals surface area contributed by atoms with E-state index in [2.05, 4.69) is 4.72 Å². The standard InChI is InChI=1S/C16H15ClFNO3S/c17-13-5-6-16(14(18)8-13)23(20,21)19-9-11-7-12-3-1-2-4-15(12)22-10-11/h1-6,8,11,19H,7,9-10H2. The topological polar surface area (TPSA) is 55.4 Å². The molecule has 1 unspecified atom stereocenters. The first-order valence-corrected chi connectivity index (χ1v) is 8.97. The van der Waals surface area contributed by atoms with Crippen LogP contribution in [0.25, 0.3) is 0 Å². The highest BCUT2D eigenvalue weighted by Crippen LogP contribution is 2.27. The lowest BCUT2D eigenvalue weighted by molar-refractivity contribution is 0.223. The average molecular weight is 356 g/mol. The van der Waals surface area contributed by atoms with E-state index < -0.39 is 20.7 Å². The van der Waals surface area contributed by atoms with Crippen molar-refractivity contribution in [3.8, 4) is 5.75 Å². The van der Waals surface area contributed by atoms with Gasteiger partial charge in [-0.3, -0.25) is 0 Å². The Labute approximate surface area is 139 Å². The van der Waals surface area contributed by atoms with Gasteiger partial charge < -0.3 is 4.74 Å². The first-order chi connectivity index (χ1) is 11.0. The molecule has 2 aromatic carbocycles. The van der Waals surface area contributed by atoms with Gasteiger partial charge in [0.15, 0.2) is 0 Å². The van der Waals surface area contributed by atoms with Crippen LogP contribution in [-0.2, 0) is 16.4 Å². The number of sulfonamides is 1. The SMILES string of the molecule is O=S(=O)(NCC1COc2ccccc2C1)c1ccc(Cl)cc1F. The summed E-state index contributed by atoms with van der Waals surface area (Å²) in [5, 5.41) is 0.152. The molecule has 23 heavy (non-hydrogen) atoms. The van der Waals surface area contributed by atoms with Crippen molar-refractivity contribution in [3.63, 3.8) is 0 Å². The fraction of sp³-hybridized carbons (Fsp3) is 0.250. The molecule has 0 bridgehead atoms. The van der Waals surface area contributed by atoms with Crippen molar-refractivity contribution in [1.29, 1.82) is 0 Å². The molecule has 0 saturated heterocycles. The van der Waals surface area contributed by atoms with Gasteiger partial charge in [0, 0.05) is 17.5 Å². The molecule has 0 saturated carbocycles. The molecule has 0 aliphatic carbocycles. The molecule has 0 amide bonds. The van der Waals surface area contributed by atoms with E-state index in [-0.39, 0.29) is 17.5 Å². The molecule has 1 N–H and O–H groups in total. The number of ether oxygens (including phenoxy) is 1. The van der Waals surface area contributed by atoms with Crippen LogP contribution in [0.5, 0.6) is 5.75 Å². The number of hydrogen-bond donors (Lipinski definition) is 1. The molecule has 1 heterocycles. The Hall–Kier alpha value is -1.63. The van der Waals surface area contributed by atoms with Crippen LogP contribution >= 0.6 is 11.6 Å². The van der Waals surface area contributed by atoms with E-state index in [9.17, 15) is 12.8 Å². The van der Waals surface area contributed by atoms with E-state index in [0.29, 0.717) is 13.0 Å². The van der Waals surface area contributed by atoms with Gasteiger partial charge >= 0.3 is 0 Å². The molecular formula is C16H15ClFNO3S. The molecule has 1 aliphatic heterocycles. The van der Waals surface area contributed by atoms with Crippen LogP contribution in [-0.4, -0.2) is 21.6 Å². The molecule has 4 nitrogen and oxygen atoms in total. The largest absolute Gasteiger partial charge is 0.493 e. The predicted molar refractivity (Wildman–Crippen MR) is 85.7 cm³/mol. The Morgan fingerprint density at radius 2 is 2.04 bits per heavy atom. The highest BCUT2D eigenvalue weighted by atomic mass is 35.5. The van der Waals surface area contributed by atoms with Crippen LogP contribution < -0.4 is 9.46 Å². The number of nitrogens with one attached hydrogen (secondary N) is 1. The van der Waals surface area contributed by atoms with Crippen molar-refractivity contribution < 1.29 is 17.5 Å². The third-order valence-electron chi connectivity index (χ3n) is 3.70. The van der Waals surface area contributed by atoms with Gasteiger partial charge in [-0.25, -0.2) is 17.5 Å². The van der Waals surface area contributed by atoms with Crippen LogP contribution in [0.3, 0.4) is 0 Å². The summed E-state index contributed by atoms with van der Waals surface area (Å²) in [5.41, 5.74) is 1.04. The Kier molecular flexibility index (Phi) is 4.57. The van der Waals surface area contributed by atoms with E-state index in [1.807, 2.05) is 24.3 Å². The van der Waals surface area contributed by atoms with E-state index in [1.165, 1.54) is 6.07 Å². The summed E-state index contributed by atoms with van der Waals surface area (Å²) < 4.78 is 46.3. The van der Waals surface area contributed by atoms with Gasteiger partial charge in [0.25, 0.3) is 0 Å². The minimum atomic E-state index is -3.92. The van der Waals surface area contributed by atoms with Crippen LogP contribution in [0.15, 0.2) is 47.4 Å². The molecule has 0 fully saturated rings. The third-order valence-corrected chi connectivity index (χ3v) is 5.39. The lowest BCUT2D eigenvalue weighted by Crippen LogP contribution is -2.35. The molecule has 122 valence electrons. The minimum absolute atomic E-state index is 0.00460. The molecule has 3 rings (SSSR count). The van der Waals surface area contributed by atoms with Crippen molar-refractivity contribution >= 4 is 21.6 Å².